The normalized spacial score (nSPS) is 15.6. The number of carbonyl (C=O) groups excluding carboxylic acids is 1. The standard InChI is InChI=1S/C19H24ClN3O2/c1-3-13(2)23(19(24)14-6-4-7-14)11-10-17-21-18(22-25-17)15-8-5-9-16(20)12-15/h5,8-9,12-14H,3-4,6-7,10-11H2,1-2H3. The van der Waals surface area contributed by atoms with Crippen LogP contribution in [-0.4, -0.2) is 33.5 Å². The van der Waals surface area contributed by atoms with Crippen LogP contribution in [0.5, 0.6) is 0 Å². The Morgan fingerprint density at radius 1 is 1.44 bits per heavy atom. The number of benzene rings is 1. The second kappa shape index (κ2) is 8.00. The number of rotatable bonds is 7. The zero-order valence-corrected chi connectivity index (χ0v) is 15.5. The molecule has 1 aromatic carbocycles. The Morgan fingerprint density at radius 2 is 2.24 bits per heavy atom. The van der Waals surface area contributed by atoms with E-state index in [4.69, 9.17) is 16.1 Å². The lowest BCUT2D eigenvalue weighted by atomic mass is 9.84. The van der Waals surface area contributed by atoms with Crippen LogP contribution < -0.4 is 0 Å². The van der Waals surface area contributed by atoms with Crippen LogP contribution in [0.15, 0.2) is 28.8 Å². The smallest absolute Gasteiger partial charge is 0.228 e. The van der Waals surface area contributed by atoms with Crippen molar-refractivity contribution in [2.75, 3.05) is 6.54 Å². The summed E-state index contributed by atoms with van der Waals surface area (Å²) >= 11 is 6.01. The van der Waals surface area contributed by atoms with E-state index in [9.17, 15) is 4.79 Å². The summed E-state index contributed by atoms with van der Waals surface area (Å²) in [6.45, 7) is 4.82. The zero-order chi connectivity index (χ0) is 17.8. The Balaban J connectivity index is 1.65. The molecule has 1 aromatic heterocycles. The molecule has 0 bridgehead atoms. The third kappa shape index (κ3) is 4.21. The fourth-order valence-corrected chi connectivity index (χ4v) is 3.17. The van der Waals surface area contributed by atoms with Crippen LogP contribution in [0.4, 0.5) is 0 Å². The summed E-state index contributed by atoms with van der Waals surface area (Å²) < 4.78 is 5.36. The van der Waals surface area contributed by atoms with Crippen molar-refractivity contribution in [3.63, 3.8) is 0 Å². The van der Waals surface area contributed by atoms with Gasteiger partial charge in [0.1, 0.15) is 0 Å². The molecule has 3 rings (SSSR count). The second-order valence-electron chi connectivity index (χ2n) is 6.69. The molecule has 2 aromatic rings. The fraction of sp³-hybridized carbons (Fsp3) is 0.526. The molecule has 0 radical (unpaired) electrons. The van der Waals surface area contributed by atoms with Crippen molar-refractivity contribution < 1.29 is 9.32 Å². The molecule has 0 spiro atoms. The van der Waals surface area contributed by atoms with E-state index in [1.165, 1.54) is 0 Å². The molecule has 1 aliphatic rings. The van der Waals surface area contributed by atoms with Gasteiger partial charge in [0, 0.05) is 35.5 Å². The number of carbonyl (C=O) groups is 1. The molecular formula is C19H24ClN3O2. The fourth-order valence-electron chi connectivity index (χ4n) is 2.98. The van der Waals surface area contributed by atoms with Gasteiger partial charge in [0.15, 0.2) is 0 Å². The highest BCUT2D eigenvalue weighted by molar-refractivity contribution is 6.30. The van der Waals surface area contributed by atoms with Gasteiger partial charge in [0.05, 0.1) is 0 Å². The molecule has 1 heterocycles. The van der Waals surface area contributed by atoms with E-state index >= 15 is 0 Å². The van der Waals surface area contributed by atoms with Gasteiger partial charge in [0.2, 0.25) is 17.6 Å². The largest absolute Gasteiger partial charge is 0.339 e. The Bertz CT molecular complexity index is 727. The van der Waals surface area contributed by atoms with Crippen molar-refractivity contribution in [1.29, 1.82) is 0 Å². The highest BCUT2D eigenvalue weighted by Gasteiger charge is 2.31. The molecule has 1 amide bonds. The van der Waals surface area contributed by atoms with E-state index in [1.807, 2.05) is 29.2 Å². The van der Waals surface area contributed by atoms with E-state index < -0.39 is 0 Å². The molecule has 1 atom stereocenters. The van der Waals surface area contributed by atoms with Crippen molar-refractivity contribution in [1.82, 2.24) is 15.0 Å². The molecule has 1 aliphatic carbocycles. The van der Waals surface area contributed by atoms with Crippen LogP contribution in [-0.2, 0) is 11.2 Å². The molecule has 0 saturated heterocycles. The van der Waals surface area contributed by atoms with E-state index in [-0.39, 0.29) is 17.9 Å². The quantitative estimate of drug-likeness (QED) is 0.735. The maximum absolute atomic E-state index is 12.7. The molecule has 5 nitrogen and oxygen atoms in total. The topological polar surface area (TPSA) is 59.2 Å². The Kier molecular flexibility index (Phi) is 5.74. The van der Waals surface area contributed by atoms with Gasteiger partial charge in [-0.1, -0.05) is 42.2 Å². The van der Waals surface area contributed by atoms with Gasteiger partial charge < -0.3 is 9.42 Å². The second-order valence-corrected chi connectivity index (χ2v) is 7.13. The minimum absolute atomic E-state index is 0.207. The Morgan fingerprint density at radius 3 is 2.88 bits per heavy atom. The summed E-state index contributed by atoms with van der Waals surface area (Å²) in [5, 5.41) is 4.67. The van der Waals surface area contributed by atoms with Gasteiger partial charge in [-0.25, -0.2) is 0 Å². The van der Waals surface area contributed by atoms with E-state index in [0.29, 0.717) is 29.7 Å². The average Bonchev–Trinajstić information content (AvgIpc) is 3.02. The first kappa shape index (κ1) is 17.9. The molecule has 0 aliphatic heterocycles. The number of halogens is 1. The van der Waals surface area contributed by atoms with Crippen LogP contribution in [0.3, 0.4) is 0 Å². The Labute approximate surface area is 153 Å². The lowest BCUT2D eigenvalue weighted by Crippen LogP contribution is -2.44. The van der Waals surface area contributed by atoms with Crippen molar-refractivity contribution in [3.8, 4) is 11.4 Å². The molecule has 1 unspecified atom stereocenters. The zero-order valence-electron chi connectivity index (χ0n) is 14.7. The number of hydrogen-bond donors (Lipinski definition) is 0. The minimum atomic E-state index is 0.207. The first-order chi connectivity index (χ1) is 12.1. The van der Waals surface area contributed by atoms with Gasteiger partial charge in [-0.05, 0) is 38.3 Å². The number of aromatic nitrogens is 2. The van der Waals surface area contributed by atoms with Gasteiger partial charge in [-0.2, -0.15) is 4.98 Å². The molecule has 1 saturated carbocycles. The van der Waals surface area contributed by atoms with Crippen LogP contribution in [0.25, 0.3) is 11.4 Å². The molecule has 6 heteroatoms. The van der Waals surface area contributed by atoms with Crippen LogP contribution in [0.1, 0.15) is 45.4 Å². The lowest BCUT2D eigenvalue weighted by Gasteiger charge is -2.35. The van der Waals surface area contributed by atoms with Crippen LogP contribution >= 0.6 is 11.6 Å². The SMILES string of the molecule is CCC(C)N(CCc1nc(-c2cccc(Cl)c2)no1)C(=O)C1CCC1. The maximum atomic E-state index is 12.7. The van der Waals surface area contributed by atoms with Crippen molar-refractivity contribution in [3.05, 3.63) is 35.2 Å². The van der Waals surface area contributed by atoms with Crippen LogP contribution in [0.2, 0.25) is 5.02 Å². The first-order valence-electron chi connectivity index (χ1n) is 8.97. The molecule has 134 valence electrons. The van der Waals surface area contributed by atoms with Gasteiger partial charge >= 0.3 is 0 Å². The van der Waals surface area contributed by atoms with Crippen molar-refractivity contribution in [2.45, 2.75) is 52.0 Å². The summed E-state index contributed by atoms with van der Waals surface area (Å²) in [7, 11) is 0. The molecule has 1 fully saturated rings. The van der Waals surface area contributed by atoms with E-state index in [1.54, 1.807) is 0 Å². The van der Waals surface area contributed by atoms with Crippen molar-refractivity contribution in [2.24, 2.45) is 5.92 Å². The first-order valence-corrected chi connectivity index (χ1v) is 9.35. The average molecular weight is 362 g/mol. The van der Waals surface area contributed by atoms with Gasteiger partial charge in [0.25, 0.3) is 0 Å². The molecule has 0 N–H and O–H groups in total. The third-order valence-electron chi connectivity index (χ3n) is 4.98. The highest BCUT2D eigenvalue weighted by Crippen LogP contribution is 2.29. The van der Waals surface area contributed by atoms with Crippen molar-refractivity contribution >= 4 is 17.5 Å². The van der Waals surface area contributed by atoms with E-state index in [0.717, 1.165) is 31.2 Å². The van der Waals surface area contributed by atoms with Crippen LogP contribution in [0, 0.1) is 5.92 Å². The maximum Gasteiger partial charge on any atom is 0.228 e. The summed E-state index contributed by atoms with van der Waals surface area (Å²) in [6, 6.07) is 7.59. The number of amides is 1. The summed E-state index contributed by atoms with van der Waals surface area (Å²) in [5.74, 6) is 1.55. The Hall–Kier alpha value is -1.88. The molecule has 25 heavy (non-hydrogen) atoms. The minimum Gasteiger partial charge on any atom is -0.339 e. The predicted molar refractivity (Wildman–Crippen MR) is 97.3 cm³/mol. The van der Waals surface area contributed by atoms with Gasteiger partial charge in [-0.15, -0.1) is 0 Å². The number of hydrogen-bond acceptors (Lipinski definition) is 4. The lowest BCUT2D eigenvalue weighted by molar-refractivity contribution is -0.140. The highest BCUT2D eigenvalue weighted by atomic mass is 35.5. The van der Waals surface area contributed by atoms with Gasteiger partial charge in [-0.3, -0.25) is 4.79 Å². The summed E-state index contributed by atoms with van der Waals surface area (Å²) in [4.78, 5) is 19.1. The monoisotopic (exact) mass is 361 g/mol. The predicted octanol–water partition coefficient (Wildman–Crippen LogP) is 4.36. The summed E-state index contributed by atoms with van der Waals surface area (Å²) in [6.07, 6.45) is 4.71. The number of nitrogens with zero attached hydrogens (tertiary/aromatic N) is 3. The third-order valence-corrected chi connectivity index (χ3v) is 5.21. The summed E-state index contributed by atoms with van der Waals surface area (Å²) in [5.41, 5.74) is 0.826. The van der Waals surface area contributed by atoms with E-state index in [2.05, 4.69) is 24.0 Å². The molecular weight excluding hydrogens is 338 g/mol.